The maximum atomic E-state index is 11.8. The summed E-state index contributed by atoms with van der Waals surface area (Å²) in [5, 5.41) is 0. The molecule has 0 saturated heterocycles. The highest BCUT2D eigenvalue weighted by Gasteiger charge is 2.13. The zero-order valence-electron chi connectivity index (χ0n) is 39.0. The molecule has 8 nitrogen and oxygen atoms in total. The summed E-state index contributed by atoms with van der Waals surface area (Å²) in [6, 6.07) is 27.5. The van der Waals surface area contributed by atoms with Gasteiger partial charge in [-0.05, 0) is 171 Å². The Morgan fingerprint density at radius 3 is 0.710 bits per heavy atom. The van der Waals surface area contributed by atoms with Crippen molar-refractivity contribution in [2.24, 2.45) is 0 Å². The molecule has 0 amide bonds. The van der Waals surface area contributed by atoms with Crippen LogP contribution in [0, 0.1) is 41.5 Å². The summed E-state index contributed by atoms with van der Waals surface area (Å²) in [6.45, 7) is 33.1. The standard InChI is InChI=1S/C50H54O8.2C2H6/c1-31(2)49(51)57-29-43-15-13-41(35(7)37(43)9)27-55-47-21-17-45(18-22-47)53-25-39-11-12-40(34(6)33(39)5)26-54-46-19-23-48(24-20-46)56-28-42-14-16-44(38(10)36(42)8)30-58-50(52)32(3)4;2*1-2/h11-24H,1,3,25-30H2,2,4-10H3;2*1-2H3. The Bertz CT molecular complexity index is 2120. The van der Waals surface area contributed by atoms with Crippen molar-refractivity contribution in [3.63, 3.8) is 0 Å². The monoisotopic (exact) mass is 842 g/mol. The summed E-state index contributed by atoms with van der Waals surface area (Å²) in [7, 11) is 0. The van der Waals surface area contributed by atoms with Crippen LogP contribution < -0.4 is 18.9 Å². The Morgan fingerprint density at radius 2 is 0.532 bits per heavy atom. The van der Waals surface area contributed by atoms with Crippen LogP contribution in [0.3, 0.4) is 0 Å². The molecular formula is C54H66O8. The van der Waals surface area contributed by atoms with Crippen LogP contribution in [-0.2, 0) is 58.7 Å². The maximum Gasteiger partial charge on any atom is 0.333 e. The second-order valence-electron chi connectivity index (χ2n) is 14.7. The van der Waals surface area contributed by atoms with Crippen LogP contribution >= 0.6 is 0 Å². The Labute approximate surface area is 370 Å². The van der Waals surface area contributed by atoms with Crippen molar-refractivity contribution in [3.8, 4) is 23.0 Å². The highest BCUT2D eigenvalue weighted by molar-refractivity contribution is 5.87. The van der Waals surface area contributed by atoms with E-state index in [0.717, 1.165) is 78.6 Å². The van der Waals surface area contributed by atoms with E-state index in [1.807, 2.05) is 114 Å². The van der Waals surface area contributed by atoms with Crippen molar-refractivity contribution in [1.82, 2.24) is 0 Å². The molecular weight excluding hydrogens is 777 g/mol. The lowest BCUT2D eigenvalue weighted by Crippen LogP contribution is -2.07. The maximum absolute atomic E-state index is 11.8. The van der Waals surface area contributed by atoms with Gasteiger partial charge < -0.3 is 28.4 Å². The molecule has 0 radical (unpaired) electrons. The number of carbonyl (C=O) groups excluding carboxylic acids is 2. The van der Waals surface area contributed by atoms with Gasteiger partial charge in [-0.25, -0.2) is 9.59 Å². The Kier molecular flexibility index (Phi) is 20.1. The third kappa shape index (κ3) is 14.2. The van der Waals surface area contributed by atoms with Crippen LogP contribution in [0.25, 0.3) is 0 Å². The van der Waals surface area contributed by atoms with E-state index >= 15 is 0 Å². The molecule has 5 aromatic carbocycles. The van der Waals surface area contributed by atoms with Gasteiger partial charge >= 0.3 is 11.9 Å². The van der Waals surface area contributed by atoms with Gasteiger partial charge in [0.05, 0.1) is 0 Å². The van der Waals surface area contributed by atoms with Crippen LogP contribution in [-0.4, -0.2) is 11.9 Å². The van der Waals surface area contributed by atoms with E-state index in [-0.39, 0.29) is 13.2 Å². The number of esters is 2. The first kappa shape index (κ1) is 50.1. The molecule has 5 rings (SSSR count). The molecule has 0 aliphatic rings. The summed E-state index contributed by atoms with van der Waals surface area (Å²) in [5.41, 5.74) is 13.8. The SMILES string of the molecule is C=C(C)C(=O)OCc1ccc(COc2ccc(OCc3ccc(COc4ccc(OCc5ccc(COC(=O)C(=C)C)c(C)c5C)cc4)c(C)c3C)cc2)c(C)c1C.CC.CC. The Balaban J connectivity index is 0.00000249. The number of ether oxygens (including phenoxy) is 6. The van der Waals surface area contributed by atoms with Crippen molar-refractivity contribution >= 4 is 11.9 Å². The molecule has 0 aliphatic carbocycles. The minimum Gasteiger partial charge on any atom is -0.489 e. The summed E-state index contributed by atoms with van der Waals surface area (Å²) in [6.07, 6.45) is 0. The second-order valence-corrected chi connectivity index (χ2v) is 14.7. The minimum absolute atomic E-state index is 0.214. The van der Waals surface area contributed by atoms with E-state index in [4.69, 9.17) is 28.4 Å². The Hall–Kier alpha value is -6.28. The molecule has 0 atom stereocenters. The van der Waals surface area contributed by atoms with E-state index in [1.165, 1.54) is 11.1 Å². The van der Waals surface area contributed by atoms with E-state index in [0.29, 0.717) is 37.6 Å². The molecule has 0 aliphatic heterocycles. The third-order valence-corrected chi connectivity index (χ3v) is 10.7. The van der Waals surface area contributed by atoms with Gasteiger partial charge in [-0.3, -0.25) is 0 Å². The number of hydrogen-bond acceptors (Lipinski definition) is 8. The van der Waals surface area contributed by atoms with Gasteiger partial charge in [0.1, 0.15) is 62.6 Å². The first-order valence-electron chi connectivity index (χ1n) is 21.3. The fourth-order valence-electron chi connectivity index (χ4n) is 6.18. The highest BCUT2D eigenvalue weighted by Crippen LogP contribution is 2.27. The van der Waals surface area contributed by atoms with Gasteiger partial charge in [0.2, 0.25) is 0 Å². The van der Waals surface area contributed by atoms with Crippen molar-refractivity contribution in [2.75, 3.05) is 0 Å². The molecule has 5 aromatic rings. The largest absolute Gasteiger partial charge is 0.489 e. The molecule has 8 heteroatoms. The smallest absolute Gasteiger partial charge is 0.333 e. The molecule has 62 heavy (non-hydrogen) atoms. The fourth-order valence-corrected chi connectivity index (χ4v) is 6.18. The van der Waals surface area contributed by atoms with Gasteiger partial charge in [-0.1, -0.05) is 77.3 Å². The van der Waals surface area contributed by atoms with Crippen molar-refractivity contribution in [2.45, 2.75) is 123 Å². The third-order valence-electron chi connectivity index (χ3n) is 10.7. The van der Waals surface area contributed by atoms with Gasteiger partial charge in [-0.15, -0.1) is 0 Å². The topological polar surface area (TPSA) is 89.5 Å². The molecule has 0 unspecified atom stereocenters. The number of benzene rings is 5. The lowest BCUT2D eigenvalue weighted by atomic mass is 9.99. The molecule has 0 aromatic heterocycles. The van der Waals surface area contributed by atoms with E-state index in [1.54, 1.807) is 13.8 Å². The quantitative estimate of drug-likeness (QED) is 0.0636. The average Bonchev–Trinajstić information content (AvgIpc) is 3.28. The van der Waals surface area contributed by atoms with Crippen molar-refractivity contribution in [1.29, 1.82) is 0 Å². The van der Waals surface area contributed by atoms with Crippen molar-refractivity contribution < 1.29 is 38.0 Å². The van der Waals surface area contributed by atoms with Gasteiger partial charge in [0.15, 0.2) is 0 Å². The van der Waals surface area contributed by atoms with E-state index < -0.39 is 11.9 Å². The summed E-state index contributed by atoms with van der Waals surface area (Å²) >= 11 is 0. The van der Waals surface area contributed by atoms with Crippen LogP contribution in [0.2, 0.25) is 0 Å². The molecule has 0 spiro atoms. The molecule has 0 fully saturated rings. The van der Waals surface area contributed by atoms with E-state index in [9.17, 15) is 9.59 Å². The Morgan fingerprint density at radius 1 is 0.355 bits per heavy atom. The fraction of sp³-hybridized carbons (Fsp3) is 0.333. The average molecular weight is 843 g/mol. The van der Waals surface area contributed by atoms with Crippen LogP contribution in [0.1, 0.15) is 108 Å². The van der Waals surface area contributed by atoms with Crippen LogP contribution in [0.15, 0.2) is 109 Å². The zero-order valence-corrected chi connectivity index (χ0v) is 39.0. The number of hydrogen-bond donors (Lipinski definition) is 0. The highest BCUT2D eigenvalue weighted by atomic mass is 16.5. The van der Waals surface area contributed by atoms with Crippen LogP contribution in [0.5, 0.6) is 23.0 Å². The zero-order chi connectivity index (χ0) is 45.9. The van der Waals surface area contributed by atoms with E-state index in [2.05, 4.69) is 53.0 Å². The summed E-state index contributed by atoms with van der Waals surface area (Å²) in [5.74, 6) is 2.23. The minimum atomic E-state index is -0.391. The first-order chi connectivity index (χ1) is 29.7. The van der Waals surface area contributed by atoms with Gasteiger partial charge in [0.25, 0.3) is 0 Å². The van der Waals surface area contributed by atoms with Gasteiger partial charge in [-0.2, -0.15) is 0 Å². The lowest BCUT2D eigenvalue weighted by molar-refractivity contribution is -0.141. The molecule has 0 bridgehead atoms. The summed E-state index contributed by atoms with van der Waals surface area (Å²) in [4.78, 5) is 23.6. The lowest BCUT2D eigenvalue weighted by Gasteiger charge is -2.16. The normalized spacial score (nSPS) is 10.3. The van der Waals surface area contributed by atoms with Crippen molar-refractivity contribution in [3.05, 3.63) is 176 Å². The summed E-state index contributed by atoms with van der Waals surface area (Å²) < 4.78 is 35.2. The molecule has 330 valence electrons. The van der Waals surface area contributed by atoms with Crippen LogP contribution in [0.4, 0.5) is 0 Å². The van der Waals surface area contributed by atoms with Gasteiger partial charge in [0, 0.05) is 11.1 Å². The first-order valence-corrected chi connectivity index (χ1v) is 21.3. The second kappa shape index (κ2) is 24.8. The molecule has 0 saturated carbocycles. The predicted octanol–water partition coefficient (Wildman–Crippen LogP) is 13.1. The number of carbonyl (C=O) groups is 2. The predicted molar refractivity (Wildman–Crippen MR) is 250 cm³/mol. The number of rotatable bonds is 18. The molecule has 0 heterocycles. The molecule has 0 N–H and O–H groups in total.